The first kappa shape index (κ1) is 15.5. The highest BCUT2D eigenvalue weighted by molar-refractivity contribution is 5.57. The fourth-order valence-electron chi connectivity index (χ4n) is 2.78. The zero-order valence-corrected chi connectivity index (χ0v) is 12.9. The summed E-state index contributed by atoms with van der Waals surface area (Å²) < 4.78 is 13.0. The first-order valence-corrected chi connectivity index (χ1v) is 7.51. The molecule has 1 aliphatic rings. The molecule has 0 bridgehead atoms. The van der Waals surface area contributed by atoms with Gasteiger partial charge in [0.25, 0.3) is 0 Å². The van der Waals surface area contributed by atoms with Crippen molar-refractivity contribution in [1.29, 1.82) is 0 Å². The third-order valence-corrected chi connectivity index (χ3v) is 3.77. The smallest absolute Gasteiger partial charge is 0.123 e. The van der Waals surface area contributed by atoms with Crippen molar-refractivity contribution in [2.45, 2.75) is 33.1 Å². The van der Waals surface area contributed by atoms with Crippen molar-refractivity contribution >= 4 is 5.69 Å². The van der Waals surface area contributed by atoms with Gasteiger partial charge in [0.1, 0.15) is 5.82 Å². The summed E-state index contributed by atoms with van der Waals surface area (Å²) in [6.45, 7) is 6.85. The molecule has 0 aliphatic carbocycles. The van der Waals surface area contributed by atoms with Crippen LogP contribution in [-0.2, 0) is 6.42 Å². The highest BCUT2D eigenvalue weighted by Gasteiger charge is 2.23. The van der Waals surface area contributed by atoms with E-state index in [1.165, 1.54) is 23.3 Å². The minimum Gasteiger partial charge on any atom is -0.310 e. The van der Waals surface area contributed by atoms with Crippen LogP contribution in [-0.4, -0.2) is 6.54 Å². The Bertz CT molecular complexity index is 593. The van der Waals surface area contributed by atoms with E-state index in [-0.39, 0.29) is 5.82 Å². The molecule has 112 valence electrons. The number of hydrogen-bond acceptors (Lipinski definition) is 2. The zero-order valence-electron chi connectivity index (χ0n) is 12.9. The van der Waals surface area contributed by atoms with Gasteiger partial charge < -0.3 is 5.01 Å². The lowest BCUT2D eigenvalue weighted by molar-refractivity contribution is 0.608. The summed E-state index contributed by atoms with van der Waals surface area (Å²) in [6.07, 6.45) is 0.955. The van der Waals surface area contributed by atoms with E-state index in [4.69, 9.17) is 5.84 Å². The van der Waals surface area contributed by atoms with E-state index in [9.17, 15) is 4.39 Å². The molecule has 0 radical (unpaired) electrons. The Hall–Kier alpha value is -1.87. The molecule has 0 saturated carbocycles. The molecule has 2 aromatic carbocycles. The van der Waals surface area contributed by atoms with Crippen LogP contribution in [0.5, 0.6) is 0 Å². The SMILES string of the molecule is CC.Cc1ccc2c(c1)CC(c1ccc(F)cc1)CN2N. The van der Waals surface area contributed by atoms with Gasteiger partial charge in [0, 0.05) is 12.5 Å². The van der Waals surface area contributed by atoms with Crippen molar-refractivity contribution in [3.05, 3.63) is 65.0 Å². The molecule has 2 nitrogen and oxygen atoms in total. The van der Waals surface area contributed by atoms with Crippen molar-refractivity contribution in [3.8, 4) is 0 Å². The van der Waals surface area contributed by atoms with Crippen LogP contribution in [0.2, 0.25) is 0 Å². The van der Waals surface area contributed by atoms with Crippen molar-refractivity contribution in [2.24, 2.45) is 5.84 Å². The Labute approximate surface area is 126 Å². The summed E-state index contributed by atoms with van der Waals surface area (Å²) in [5.74, 6) is 6.24. The normalized spacial score (nSPS) is 16.8. The van der Waals surface area contributed by atoms with Crippen LogP contribution in [0, 0.1) is 12.7 Å². The van der Waals surface area contributed by atoms with Gasteiger partial charge in [-0.1, -0.05) is 43.7 Å². The molecule has 0 aromatic heterocycles. The highest BCUT2D eigenvalue weighted by atomic mass is 19.1. The number of fused-ring (bicyclic) bond motifs is 1. The molecule has 0 fully saturated rings. The Morgan fingerprint density at radius 1 is 1.10 bits per heavy atom. The van der Waals surface area contributed by atoms with Crippen LogP contribution in [0.25, 0.3) is 0 Å². The van der Waals surface area contributed by atoms with Crippen LogP contribution in [0.1, 0.15) is 36.5 Å². The maximum atomic E-state index is 13.0. The minimum atomic E-state index is -0.194. The zero-order chi connectivity index (χ0) is 15.4. The standard InChI is InChI=1S/C16H17FN2.C2H6/c1-11-2-7-16-13(8-11)9-14(10-19(16)18)12-3-5-15(17)6-4-12;1-2/h2-8,14H,9-10,18H2,1H3;1-2H3. The molecule has 3 heteroatoms. The van der Waals surface area contributed by atoms with Gasteiger partial charge in [-0.2, -0.15) is 0 Å². The van der Waals surface area contributed by atoms with E-state index >= 15 is 0 Å². The van der Waals surface area contributed by atoms with Crippen molar-refractivity contribution in [1.82, 2.24) is 0 Å². The largest absolute Gasteiger partial charge is 0.310 e. The van der Waals surface area contributed by atoms with E-state index in [1.54, 1.807) is 5.01 Å². The average molecular weight is 286 g/mol. The lowest BCUT2D eigenvalue weighted by atomic mass is 9.87. The summed E-state index contributed by atoms with van der Waals surface area (Å²) in [7, 11) is 0. The van der Waals surface area contributed by atoms with Gasteiger partial charge in [-0.05, 0) is 42.7 Å². The Balaban J connectivity index is 0.000000774. The third kappa shape index (κ3) is 3.42. The lowest BCUT2D eigenvalue weighted by Crippen LogP contribution is -2.39. The molecular formula is C18H23FN2. The van der Waals surface area contributed by atoms with E-state index in [1.807, 2.05) is 26.0 Å². The highest BCUT2D eigenvalue weighted by Crippen LogP contribution is 2.33. The number of anilines is 1. The van der Waals surface area contributed by atoms with Gasteiger partial charge >= 0.3 is 0 Å². The van der Waals surface area contributed by atoms with Gasteiger partial charge in [0.2, 0.25) is 0 Å². The maximum absolute atomic E-state index is 13.0. The number of nitrogens with zero attached hydrogens (tertiary/aromatic N) is 1. The van der Waals surface area contributed by atoms with Gasteiger partial charge in [-0.25, -0.2) is 10.2 Å². The van der Waals surface area contributed by atoms with Crippen LogP contribution in [0.3, 0.4) is 0 Å². The Kier molecular flexibility index (Phi) is 4.97. The molecule has 1 atom stereocenters. The molecule has 21 heavy (non-hydrogen) atoms. The van der Waals surface area contributed by atoms with Gasteiger partial charge in [0.15, 0.2) is 0 Å². The summed E-state index contributed by atoms with van der Waals surface area (Å²) in [5, 5.41) is 1.80. The number of hydrazine groups is 1. The van der Waals surface area contributed by atoms with Gasteiger partial charge in [-0.3, -0.25) is 0 Å². The number of rotatable bonds is 1. The first-order valence-electron chi connectivity index (χ1n) is 7.51. The van der Waals surface area contributed by atoms with Crippen molar-refractivity contribution < 1.29 is 4.39 Å². The molecule has 3 rings (SSSR count). The van der Waals surface area contributed by atoms with Gasteiger partial charge in [0.05, 0.1) is 5.69 Å². The van der Waals surface area contributed by atoms with Crippen molar-refractivity contribution in [2.75, 3.05) is 11.6 Å². The second kappa shape index (κ2) is 6.72. The second-order valence-corrected chi connectivity index (χ2v) is 5.24. The molecule has 0 spiro atoms. The van der Waals surface area contributed by atoms with Crippen LogP contribution in [0.4, 0.5) is 10.1 Å². The predicted octanol–water partition coefficient (Wildman–Crippen LogP) is 4.18. The molecule has 0 amide bonds. The van der Waals surface area contributed by atoms with E-state index in [0.29, 0.717) is 5.92 Å². The van der Waals surface area contributed by atoms with Crippen LogP contribution in [0.15, 0.2) is 42.5 Å². The van der Waals surface area contributed by atoms with E-state index < -0.39 is 0 Å². The summed E-state index contributed by atoms with van der Waals surface area (Å²) >= 11 is 0. The fraction of sp³-hybridized carbons (Fsp3) is 0.333. The Morgan fingerprint density at radius 3 is 2.43 bits per heavy atom. The quantitative estimate of drug-likeness (QED) is 0.797. The van der Waals surface area contributed by atoms with E-state index in [0.717, 1.165) is 24.2 Å². The number of hydrogen-bond donors (Lipinski definition) is 1. The van der Waals surface area contributed by atoms with Gasteiger partial charge in [-0.15, -0.1) is 0 Å². The minimum absolute atomic E-state index is 0.194. The number of halogens is 1. The molecule has 2 aromatic rings. The second-order valence-electron chi connectivity index (χ2n) is 5.24. The monoisotopic (exact) mass is 286 g/mol. The third-order valence-electron chi connectivity index (χ3n) is 3.77. The lowest BCUT2D eigenvalue weighted by Gasteiger charge is -2.33. The first-order chi connectivity index (χ1) is 10.1. The molecular weight excluding hydrogens is 263 g/mol. The maximum Gasteiger partial charge on any atom is 0.123 e. The molecule has 1 unspecified atom stereocenters. The number of aryl methyl sites for hydroxylation is 1. The van der Waals surface area contributed by atoms with Crippen LogP contribution >= 0.6 is 0 Å². The van der Waals surface area contributed by atoms with Crippen LogP contribution < -0.4 is 10.9 Å². The predicted molar refractivity (Wildman–Crippen MR) is 86.9 cm³/mol. The summed E-state index contributed by atoms with van der Waals surface area (Å²) in [5.41, 5.74) is 4.75. The fourth-order valence-corrected chi connectivity index (χ4v) is 2.78. The molecule has 1 aliphatic heterocycles. The topological polar surface area (TPSA) is 29.3 Å². The summed E-state index contributed by atoms with van der Waals surface area (Å²) in [6, 6.07) is 13.1. The molecule has 1 heterocycles. The number of benzene rings is 2. The number of nitrogens with two attached hydrogens (primary N) is 1. The van der Waals surface area contributed by atoms with E-state index in [2.05, 4.69) is 25.1 Å². The summed E-state index contributed by atoms with van der Waals surface area (Å²) in [4.78, 5) is 0. The van der Waals surface area contributed by atoms with Crippen molar-refractivity contribution in [3.63, 3.8) is 0 Å². The Morgan fingerprint density at radius 2 is 1.76 bits per heavy atom. The molecule has 0 saturated heterocycles. The average Bonchev–Trinajstić information content (AvgIpc) is 2.49. The molecule has 2 N–H and O–H groups in total.